The van der Waals surface area contributed by atoms with E-state index in [-0.39, 0.29) is 17.7 Å². The molecular formula is C23H26ClN5O3S. The largest absolute Gasteiger partial charge is 0.462 e. The van der Waals surface area contributed by atoms with Gasteiger partial charge in [0.2, 0.25) is 5.91 Å². The number of nitrogens with one attached hydrogen (secondary N) is 1. The highest BCUT2D eigenvalue weighted by Gasteiger charge is 2.21. The molecule has 33 heavy (non-hydrogen) atoms. The van der Waals surface area contributed by atoms with Crippen molar-refractivity contribution < 1.29 is 14.3 Å². The number of benzene rings is 2. The minimum absolute atomic E-state index is 0.00858. The number of hydrogen-bond acceptors (Lipinski definition) is 7. The molecule has 0 aliphatic rings. The monoisotopic (exact) mass is 487 g/mol. The Kier molecular flexibility index (Phi) is 8.49. The van der Waals surface area contributed by atoms with Crippen molar-refractivity contribution in [1.82, 2.24) is 19.7 Å². The average molecular weight is 488 g/mol. The average Bonchev–Trinajstić information content (AvgIpc) is 3.22. The van der Waals surface area contributed by atoms with Crippen LogP contribution in [0.5, 0.6) is 0 Å². The summed E-state index contributed by atoms with van der Waals surface area (Å²) in [5.74, 6) is 0.313. The molecule has 0 fully saturated rings. The molecule has 1 heterocycles. The predicted octanol–water partition coefficient (Wildman–Crippen LogP) is 4.45. The number of nitrogens with zero attached hydrogens (tertiary/aromatic N) is 4. The summed E-state index contributed by atoms with van der Waals surface area (Å²) in [7, 11) is 3.94. The van der Waals surface area contributed by atoms with Gasteiger partial charge < -0.3 is 10.1 Å². The van der Waals surface area contributed by atoms with Crippen LogP contribution in [-0.4, -0.2) is 58.0 Å². The van der Waals surface area contributed by atoms with Crippen LogP contribution in [0.3, 0.4) is 0 Å². The minimum atomic E-state index is -0.393. The standard InChI is InChI=1S/C23H26ClN5O3S/c1-5-32-22(31)16-6-10-18(11-7-16)25-20(30)14-33-23-27-26-21(15(2)28(3)4)29(23)19-12-8-17(24)9-13-19/h6-13,15H,5,14H2,1-4H3,(H,25,30)/t15-/m1/s1. The molecule has 3 aromatic rings. The van der Waals surface area contributed by atoms with Crippen LogP contribution in [0.2, 0.25) is 5.02 Å². The van der Waals surface area contributed by atoms with E-state index in [1.165, 1.54) is 11.8 Å². The smallest absolute Gasteiger partial charge is 0.338 e. The molecule has 0 saturated carbocycles. The first-order chi connectivity index (χ1) is 15.8. The number of hydrogen-bond donors (Lipinski definition) is 1. The van der Waals surface area contributed by atoms with Gasteiger partial charge in [-0.3, -0.25) is 14.3 Å². The number of anilines is 1. The maximum absolute atomic E-state index is 12.5. The van der Waals surface area contributed by atoms with E-state index in [1.54, 1.807) is 31.2 Å². The van der Waals surface area contributed by atoms with Crippen molar-refractivity contribution in [3.05, 3.63) is 64.9 Å². The Morgan fingerprint density at radius 2 is 1.79 bits per heavy atom. The molecule has 0 saturated heterocycles. The number of carbonyl (C=O) groups is 2. The Morgan fingerprint density at radius 1 is 1.12 bits per heavy atom. The summed E-state index contributed by atoms with van der Waals surface area (Å²) in [6.45, 7) is 4.10. The molecule has 1 aromatic heterocycles. The molecule has 1 amide bonds. The topological polar surface area (TPSA) is 89.3 Å². The van der Waals surface area contributed by atoms with Crippen molar-refractivity contribution in [3.63, 3.8) is 0 Å². The second-order valence-electron chi connectivity index (χ2n) is 7.43. The van der Waals surface area contributed by atoms with Crippen molar-refractivity contribution in [2.45, 2.75) is 25.0 Å². The van der Waals surface area contributed by atoms with Gasteiger partial charge in [0.25, 0.3) is 0 Å². The molecule has 10 heteroatoms. The highest BCUT2D eigenvalue weighted by molar-refractivity contribution is 7.99. The van der Waals surface area contributed by atoms with Gasteiger partial charge in [-0.1, -0.05) is 23.4 Å². The molecule has 0 unspecified atom stereocenters. The predicted molar refractivity (Wildman–Crippen MR) is 130 cm³/mol. The third-order valence-electron chi connectivity index (χ3n) is 4.90. The Hall–Kier alpha value is -2.88. The van der Waals surface area contributed by atoms with Gasteiger partial charge in [0.1, 0.15) is 0 Å². The van der Waals surface area contributed by atoms with Gasteiger partial charge in [-0.05, 0) is 76.5 Å². The van der Waals surface area contributed by atoms with Crippen molar-refractivity contribution >= 4 is 40.9 Å². The van der Waals surface area contributed by atoms with Gasteiger partial charge in [-0.2, -0.15) is 0 Å². The van der Waals surface area contributed by atoms with E-state index in [9.17, 15) is 9.59 Å². The second kappa shape index (κ2) is 11.3. The fourth-order valence-corrected chi connectivity index (χ4v) is 3.83. The van der Waals surface area contributed by atoms with Crippen LogP contribution in [0.15, 0.2) is 53.7 Å². The molecule has 0 bridgehead atoms. The summed E-state index contributed by atoms with van der Waals surface area (Å²) in [5.41, 5.74) is 1.89. The zero-order valence-corrected chi connectivity index (χ0v) is 20.5. The van der Waals surface area contributed by atoms with Gasteiger partial charge in [-0.25, -0.2) is 4.79 Å². The summed E-state index contributed by atoms with van der Waals surface area (Å²) in [6.07, 6.45) is 0. The maximum Gasteiger partial charge on any atom is 0.338 e. The Bertz CT molecular complexity index is 1100. The Morgan fingerprint density at radius 3 is 2.39 bits per heavy atom. The van der Waals surface area contributed by atoms with E-state index < -0.39 is 5.97 Å². The van der Waals surface area contributed by atoms with Gasteiger partial charge in [0.15, 0.2) is 11.0 Å². The lowest BCUT2D eigenvalue weighted by atomic mass is 10.2. The number of rotatable bonds is 9. The summed E-state index contributed by atoms with van der Waals surface area (Å²) in [4.78, 5) is 26.3. The number of aromatic nitrogens is 3. The third kappa shape index (κ3) is 6.34. The first kappa shape index (κ1) is 24.8. The van der Waals surface area contributed by atoms with E-state index in [1.807, 2.05) is 54.8 Å². The van der Waals surface area contributed by atoms with E-state index >= 15 is 0 Å². The number of thioether (sulfide) groups is 1. The first-order valence-corrected chi connectivity index (χ1v) is 11.7. The van der Waals surface area contributed by atoms with E-state index in [4.69, 9.17) is 16.3 Å². The van der Waals surface area contributed by atoms with Crippen LogP contribution in [-0.2, 0) is 9.53 Å². The van der Waals surface area contributed by atoms with Crippen molar-refractivity contribution in [3.8, 4) is 5.69 Å². The third-order valence-corrected chi connectivity index (χ3v) is 6.08. The second-order valence-corrected chi connectivity index (χ2v) is 8.81. The number of esters is 1. The minimum Gasteiger partial charge on any atom is -0.462 e. The van der Waals surface area contributed by atoms with Crippen molar-refractivity contribution in [1.29, 1.82) is 0 Å². The highest BCUT2D eigenvalue weighted by Crippen LogP contribution is 2.27. The van der Waals surface area contributed by atoms with Crippen LogP contribution in [0.4, 0.5) is 5.69 Å². The summed E-state index contributed by atoms with van der Waals surface area (Å²) < 4.78 is 6.91. The fourth-order valence-electron chi connectivity index (χ4n) is 2.94. The van der Waals surface area contributed by atoms with Crippen LogP contribution < -0.4 is 5.32 Å². The Balaban J connectivity index is 1.72. The van der Waals surface area contributed by atoms with E-state index in [0.717, 1.165) is 11.5 Å². The molecule has 2 aromatic carbocycles. The number of carbonyl (C=O) groups excluding carboxylic acids is 2. The highest BCUT2D eigenvalue weighted by atomic mass is 35.5. The molecule has 0 radical (unpaired) electrons. The molecule has 0 spiro atoms. The van der Waals surface area contributed by atoms with Gasteiger partial charge >= 0.3 is 5.97 Å². The maximum atomic E-state index is 12.5. The number of ether oxygens (including phenoxy) is 1. The van der Waals surface area contributed by atoms with Crippen LogP contribution in [0, 0.1) is 0 Å². The summed E-state index contributed by atoms with van der Waals surface area (Å²) in [6, 6.07) is 14.0. The van der Waals surface area contributed by atoms with Crippen LogP contribution in [0.1, 0.15) is 36.1 Å². The zero-order chi connectivity index (χ0) is 24.0. The zero-order valence-electron chi connectivity index (χ0n) is 18.9. The molecular weight excluding hydrogens is 462 g/mol. The fraction of sp³-hybridized carbons (Fsp3) is 0.304. The summed E-state index contributed by atoms with van der Waals surface area (Å²) in [5, 5.41) is 12.8. The lowest BCUT2D eigenvalue weighted by molar-refractivity contribution is -0.113. The van der Waals surface area contributed by atoms with Crippen LogP contribution >= 0.6 is 23.4 Å². The van der Waals surface area contributed by atoms with Crippen molar-refractivity contribution in [2.24, 2.45) is 0 Å². The van der Waals surface area contributed by atoms with Gasteiger partial charge in [-0.15, -0.1) is 10.2 Å². The SMILES string of the molecule is CCOC(=O)c1ccc(NC(=O)CSc2nnc([C@@H](C)N(C)C)n2-c2ccc(Cl)cc2)cc1. The van der Waals surface area contributed by atoms with Gasteiger partial charge in [0, 0.05) is 16.4 Å². The molecule has 0 aliphatic heterocycles. The molecule has 174 valence electrons. The Labute approximate surface area is 202 Å². The molecule has 0 aliphatic carbocycles. The van der Waals surface area contributed by atoms with Gasteiger partial charge in [0.05, 0.1) is 24.0 Å². The number of amides is 1. The van der Waals surface area contributed by atoms with Crippen LogP contribution in [0.25, 0.3) is 5.69 Å². The normalized spacial score (nSPS) is 11.9. The van der Waals surface area contributed by atoms with E-state index in [0.29, 0.717) is 28.0 Å². The molecule has 1 atom stereocenters. The van der Waals surface area contributed by atoms with E-state index in [2.05, 4.69) is 15.5 Å². The quantitative estimate of drug-likeness (QED) is 0.352. The number of halogens is 1. The molecule has 3 rings (SSSR count). The van der Waals surface area contributed by atoms with Crippen molar-refractivity contribution in [2.75, 3.05) is 31.8 Å². The lowest BCUT2D eigenvalue weighted by Gasteiger charge is -2.20. The first-order valence-electron chi connectivity index (χ1n) is 10.4. The molecule has 8 nitrogen and oxygen atoms in total. The lowest BCUT2D eigenvalue weighted by Crippen LogP contribution is -2.21. The summed E-state index contributed by atoms with van der Waals surface area (Å²) >= 11 is 7.35. The molecule has 1 N–H and O–H groups in total.